The van der Waals surface area contributed by atoms with Crippen molar-refractivity contribution in [2.75, 3.05) is 11.9 Å². The number of rotatable bonds is 4. The highest BCUT2D eigenvalue weighted by Crippen LogP contribution is 2.31. The van der Waals surface area contributed by atoms with E-state index in [-0.39, 0.29) is 16.8 Å². The van der Waals surface area contributed by atoms with Gasteiger partial charge < -0.3 is 10.6 Å². The van der Waals surface area contributed by atoms with Gasteiger partial charge in [0, 0.05) is 28.9 Å². The molecule has 1 atom stereocenters. The van der Waals surface area contributed by atoms with Gasteiger partial charge in [-0.25, -0.2) is 4.39 Å². The predicted octanol–water partition coefficient (Wildman–Crippen LogP) is 4.31. The molecule has 0 aliphatic rings. The third-order valence-corrected chi connectivity index (χ3v) is 4.00. The van der Waals surface area contributed by atoms with Crippen LogP contribution < -0.4 is 10.6 Å². The molecule has 0 radical (unpaired) electrons. The summed E-state index contributed by atoms with van der Waals surface area (Å²) in [5.41, 5.74) is 7.87. The van der Waals surface area contributed by atoms with Gasteiger partial charge in [0.05, 0.1) is 6.04 Å². The summed E-state index contributed by atoms with van der Waals surface area (Å²) in [4.78, 5) is 2.20. The molecule has 5 heteroatoms. The molecule has 2 aromatic rings. The van der Waals surface area contributed by atoms with Crippen LogP contribution in [-0.2, 0) is 0 Å². The van der Waals surface area contributed by atoms with Crippen LogP contribution in [0.25, 0.3) is 0 Å². The van der Waals surface area contributed by atoms with Crippen LogP contribution in [-0.4, -0.2) is 12.0 Å². The number of anilines is 1. The largest absolute Gasteiger partial charge is 0.389 e. The summed E-state index contributed by atoms with van der Waals surface area (Å²) < 4.78 is 14.0. The van der Waals surface area contributed by atoms with E-state index in [1.807, 2.05) is 24.9 Å². The van der Waals surface area contributed by atoms with Crippen molar-refractivity contribution < 1.29 is 4.39 Å². The third kappa shape index (κ3) is 3.34. The summed E-state index contributed by atoms with van der Waals surface area (Å²) in [7, 11) is 1.87. The fourth-order valence-electron chi connectivity index (χ4n) is 2.24. The summed E-state index contributed by atoms with van der Waals surface area (Å²) in [6, 6.07) is 11.8. The molecular formula is C16H16ClFN2S. The van der Waals surface area contributed by atoms with Crippen LogP contribution in [0.5, 0.6) is 0 Å². The molecule has 110 valence electrons. The van der Waals surface area contributed by atoms with Gasteiger partial charge in [0.2, 0.25) is 0 Å². The molecule has 0 spiro atoms. The van der Waals surface area contributed by atoms with Crippen molar-refractivity contribution in [3.8, 4) is 0 Å². The first-order chi connectivity index (χ1) is 9.91. The highest BCUT2D eigenvalue weighted by molar-refractivity contribution is 7.80. The van der Waals surface area contributed by atoms with Gasteiger partial charge in [-0.2, -0.15) is 0 Å². The van der Waals surface area contributed by atoms with Gasteiger partial charge in [-0.3, -0.25) is 0 Å². The van der Waals surface area contributed by atoms with Gasteiger partial charge >= 0.3 is 0 Å². The van der Waals surface area contributed by atoms with Gasteiger partial charge in [0.15, 0.2) is 0 Å². The van der Waals surface area contributed by atoms with Crippen molar-refractivity contribution in [1.82, 2.24) is 0 Å². The van der Waals surface area contributed by atoms with Crippen LogP contribution in [0, 0.1) is 5.82 Å². The Hall–Kier alpha value is -1.65. The molecule has 0 aliphatic carbocycles. The molecule has 0 aromatic heterocycles. The molecule has 2 rings (SSSR count). The molecule has 0 bridgehead atoms. The van der Waals surface area contributed by atoms with Gasteiger partial charge in [0.1, 0.15) is 10.8 Å². The van der Waals surface area contributed by atoms with Crippen molar-refractivity contribution in [3.05, 3.63) is 64.4 Å². The Morgan fingerprint density at radius 1 is 1.29 bits per heavy atom. The first-order valence-corrected chi connectivity index (χ1v) is 7.27. The molecule has 0 fully saturated rings. The lowest BCUT2D eigenvalue weighted by molar-refractivity contribution is 0.585. The number of nitrogens with zero attached hydrogens (tertiary/aromatic N) is 1. The Labute approximate surface area is 134 Å². The topological polar surface area (TPSA) is 29.3 Å². The van der Waals surface area contributed by atoms with Crippen molar-refractivity contribution in [3.63, 3.8) is 0 Å². The zero-order chi connectivity index (χ0) is 15.6. The second-order valence-corrected chi connectivity index (χ2v) is 5.71. The van der Waals surface area contributed by atoms with E-state index >= 15 is 0 Å². The fourth-order valence-corrected chi connectivity index (χ4v) is 2.58. The zero-order valence-electron chi connectivity index (χ0n) is 11.8. The van der Waals surface area contributed by atoms with Crippen molar-refractivity contribution in [1.29, 1.82) is 0 Å². The zero-order valence-corrected chi connectivity index (χ0v) is 13.4. The van der Waals surface area contributed by atoms with E-state index in [0.717, 1.165) is 11.3 Å². The lowest BCUT2D eigenvalue weighted by Gasteiger charge is -2.29. The number of hydrogen-bond acceptors (Lipinski definition) is 2. The summed E-state index contributed by atoms with van der Waals surface area (Å²) in [6.45, 7) is 1.92. The maximum Gasteiger partial charge on any atom is 0.128 e. The Kier molecular flexibility index (Phi) is 4.80. The molecule has 2 nitrogen and oxygen atoms in total. The number of benzene rings is 2. The van der Waals surface area contributed by atoms with Crippen LogP contribution in [0.2, 0.25) is 5.02 Å². The monoisotopic (exact) mass is 322 g/mol. The molecular weight excluding hydrogens is 307 g/mol. The quantitative estimate of drug-likeness (QED) is 0.850. The van der Waals surface area contributed by atoms with Crippen LogP contribution in [0.3, 0.4) is 0 Å². The Morgan fingerprint density at radius 3 is 2.57 bits per heavy atom. The number of nitrogens with two attached hydrogens (primary N) is 1. The molecule has 2 N–H and O–H groups in total. The Balaban J connectivity index is 2.44. The van der Waals surface area contributed by atoms with Crippen LogP contribution >= 0.6 is 23.8 Å². The average Bonchev–Trinajstić information content (AvgIpc) is 2.45. The minimum absolute atomic E-state index is 0.183. The van der Waals surface area contributed by atoms with Crippen LogP contribution in [0.1, 0.15) is 24.1 Å². The van der Waals surface area contributed by atoms with Gasteiger partial charge in [-0.15, -0.1) is 0 Å². The van der Waals surface area contributed by atoms with E-state index in [1.54, 1.807) is 30.3 Å². The minimum Gasteiger partial charge on any atom is -0.389 e. The minimum atomic E-state index is -0.240. The first kappa shape index (κ1) is 15.7. The SMILES string of the molecule is CC(c1ccccc1F)N(C)c1cc(Cl)ccc1C(N)=S. The van der Waals surface area contributed by atoms with Gasteiger partial charge in [-0.05, 0) is 31.2 Å². The molecule has 0 saturated heterocycles. The van der Waals surface area contributed by atoms with Crippen molar-refractivity contribution in [2.45, 2.75) is 13.0 Å². The lowest BCUT2D eigenvalue weighted by Crippen LogP contribution is -2.25. The maximum atomic E-state index is 14.0. The highest BCUT2D eigenvalue weighted by Gasteiger charge is 2.19. The van der Waals surface area contributed by atoms with E-state index in [9.17, 15) is 4.39 Å². The molecule has 0 heterocycles. The summed E-state index contributed by atoms with van der Waals surface area (Å²) in [6.07, 6.45) is 0. The van der Waals surface area contributed by atoms with Crippen molar-refractivity contribution in [2.24, 2.45) is 5.73 Å². The third-order valence-electron chi connectivity index (χ3n) is 3.54. The Bertz CT molecular complexity index is 675. The highest BCUT2D eigenvalue weighted by atomic mass is 35.5. The first-order valence-electron chi connectivity index (χ1n) is 6.48. The van der Waals surface area contributed by atoms with Gasteiger partial charge in [0.25, 0.3) is 0 Å². The molecule has 0 amide bonds. The molecule has 1 unspecified atom stereocenters. The molecule has 21 heavy (non-hydrogen) atoms. The van der Waals surface area contributed by atoms with Crippen LogP contribution in [0.15, 0.2) is 42.5 Å². The fraction of sp³-hybridized carbons (Fsp3) is 0.188. The average molecular weight is 323 g/mol. The van der Waals surface area contributed by atoms with E-state index < -0.39 is 0 Å². The molecule has 0 aliphatic heterocycles. The van der Waals surface area contributed by atoms with E-state index in [4.69, 9.17) is 29.6 Å². The molecule has 2 aromatic carbocycles. The predicted molar refractivity (Wildman–Crippen MR) is 90.6 cm³/mol. The van der Waals surface area contributed by atoms with Gasteiger partial charge in [-0.1, -0.05) is 42.0 Å². The summed E-state index contributed by atoms with van der Waals surface area (Å²) in [5, 5.41) is 0.581. The Morgan fingerprint density at radius 2 is 1.95 bits per heavy atom. The van der Waals surface area contributed by atoms with E-state index in [0.29, 0.717) is 10.6 Å². The standard InChI is InChI=1S/C16H16ClFN2S/c1-10(12-5-3-4-6-14(12)18)20(2)15-9-11(17)7-8-13(15)16(19)21/h3-10H,1-2H3,(H2,19,21). The lowest BCUT2D eigenvalue weighted by atomic mass is 10.0. The summed E-state index contributed by atoms with van der Waals surface area (Å²) in [5.74, 6) is -0.240. The van der Waals surface area contributed by atoms with Crippen molar-refractivity contribution >= 4 is 34.5 Å². The molecule has 0 saturated carbocycles. The number of thiocarbonyl (C=S) groups is 1. The summed E-state index contributed by atoms with van der Waals surface area (Å²) >= 11 is 11.1. The smallest absolute Gasteiger partial charge is 0.128 e. The second kappa shape index (κ2) is 6.41. The number of halogens is 2. The van der Waals surface area contributed by atoms with E-state index in [1.165, 1.54) is 6.07 Å². The normalized spacial score (nSPS) is 12.0. The number of hydrogen-bond donors (Lipinski definition) is 1. The maximum absolute atomic E-state index is 14.0. The second-order valence-electron chi connectivity index (χ2n) is 4.83. The van der Waals surface area contributed by atoms with E-state index in [2.05, 4.69) is 0 Å². The van der Waals surface area contributed by atoms with Crippen LogP contribution in [0.4, 0.5) is 10.1 Å².